The Labute approximate surface area is 128 Å². The fourth-order valence-corrected chi connectivity index (χ4v) is 2.86. The summed E-state index contributed by atoms with van der Waals surface area (Å²) in [4.78, 5) is 14.4. The molecule has 1 amide bonds. The molecule has 1 atom stereocenters. The van der Waals surface area contributed by atoms with Gasteiger partial charge in [0.2, 0.25) is 0 Å². The maximum Gasteiger partial charge on any atom is 0.289 e. The topological polar surface area (TPSA) is 51.3 Å². The number of aromatic nitrogens is 2. The minimum absolute atomic E-state index is 0.0213. The van der Waals surface area contributed by atoms with Gasteiger partial charge in [0.25, 0.3) is 5.91 Å². The SMILES string of the molecule is C[C@H]1CCCCN1C(=O)c1ccc(Cn2cc(Cl)cn2)o1. The number of nitrogens with zero attached hydrogens (tertiary/aromatic N) is 3. The van der Waals surface area contributed by atoms with E-state index in [2.05, 4.69) is 12.0 Å². The first-order valence-electron chi connectivity index (χ1n) is 7.21. The van der Waals surface area contributed by atoms with Crippen molar-refractivity contribution in [3.05, 3.63) is 41.1 Å². The van der Waals surface area contributed by atoms with Crippen molar-refractivity contribution in [2.75, 3.05) is 6.54 Å². The second-order valence-electron chi connectivity index (χ2n) is 5.47. The van der Waals surface area contributed by atoms with E-state index in [-0.39, 0.29) is 11.9 Å². The minimum Gasteiger partial charge on any atom is -0.454 e. The first-order valence-corrected chi connectivity index (χ1v) is 7.59. The van der Waals surface area contributed by atoms with Gasteiger partial charge in [-0.15, -0.1) is 0 Å². The highest BCUT2D eigenvalue weighted by atomic mass is 35.5. The van der Waals surface area contributed by atoms with E-state index in [1.807, 2.05) is 11.0 Å². The Bertz CT molecular complexity index is 634. The smallest absolute Gasteiger partial charge is 0.289 e. The summed E-state index contributed by atoms with van der Waals surface area (Å²) in [5.74, 6) is 1.08. The van der Waals surface area contributed by atoms with Gasteiger partial charge in [-0.2, -0.15) is 5.10 Å². The molecule has 6 heteroatoms. The number of halogens is 1. The van der Waals surface area contributed by atoms with Crippen molar-refractivity contribution in [3.63, 3.8) is 0 Å². The van der Waals surface area contributed by atoms with Gasteiger partial charge in [0.15, 0.2) is 5.76 Å². The van der Waals surface area contributed by atoms with Crippen LogP contribution >= 0.6 is 11.6 Å². The predicted octanol–water partition coefficient (Wildman–Crippen LogP) is 3.19. The van der Waals surface area contributed by atoms with E-state index in [1.165, 1.54) is 6.42 Å². The summed E-state index contributed by atoms with van der Waals surface area (Å²) >= 11 is 5.83. The average Bonchev–Trinajstić information content (AvgIpc) is 3.08. The molecule has 2 aromatic heterocycles. The average molecular weight is 308 g/mol. The van der Waals surface area contributed by atoms with E-state index in [9.17, 15) is 4.79 Å². The molecule has 0 saturated carbocycles. The van der Waals surface area contributed by atoms with Gasteiger partial charge in [-0.05, 0) is 38.3 Å². The maximum atomic E-state index is 12.5. The first kappa shape index (κ1) is 14.2. The summed E-state index contributed by atoms with van der Waals surface area (Å²) in [7, 11) is 0. The van der Waals surface area contributed by atoms with Crippen LogP contribution in [0.2, 0.25) is 5.02 Å². The highest BCUT2D eigenvalue weighted by molar-refractivity contribution is 6.30. The first-order chi connectivity index (χ1) is 10.1. The van der Waals surface area contributed by atoms with Crippen LogP contribution in [0.3, 0.4) is 0 Å². The molecule has 2 aromatic rings. The van der Waals surface area contributed by atoms with Crippen LogP contribution in [0.1, 0.15) is 42.5 Å². The number of carbonyl (C=O) groups excluding carboxylic acids is 1. The van der Waals surface area contributed by atoms with Crippen LogP contribution in [-0.4, -0.2) is 33.2 Å². The zero-order chi connectivity index (χ0) is 14.8. The lowest BCUT2D eigenvalue weighted by Crippen LogP contribution is -2.41. The largest absolute Gasteiger partial charge is 0.454 e. The third-order valence-electron chi connectivity index (χ3n) is 3.86. The summed E-state index contributed by atoms with van der Waals surface area (Å²) < 4.78 is 7.34. The van der Waals surface area contributed by atoms with Crippen molar-refractivity contribution < 1.29 is 9.21 Å². The minimum atomic E-state index is -0.0213. The quantitative estimate of drug-likeness (QED) is 0.875. The summed E-state index contributed by atoms with van der Waals surface area (Å²) in [6.45, 7) is 3.37. The number of piperidine rings is 1. The highest BCUT2D eigenvalue weighted by Crippen LogP contribution is 2.20. The third kappa shape index (κ3) is 3.13. The van der Waals surface area contributed by atoms with Gasteiger partial charge in [0, 0.05) is 18.8 Å². The van der Waals surface area contributed by atoms with E-state index < -0.39 is 0 Å². The molecule has 0 spiro atoms. The Morgan fingerprint density at radius 1 is 1.48 bits per heavy atom. The van der Waals surface area contributed by atoms with Crippen molar-refractivity contribution in [2.45, 2.75) is 38.8 Å². The Kier molecular flexibility index (Phi) is 4.01. The summed E-state index contributed by atoms with van der Waals surface area (Å²) in [5, 5.41) is 4.68. The standard InChI is InChI=1S/C15H18ClN3O2/c1-11-4-2-3-7-19(11)15(20)14-6-5-13(21-14)10-18-9-12(16)8-17-18/h5-6,8-9,11H,2-4,7,10H2,1H3/t11-/m0/s1. The van der Waals surface area contributed by atoms with Crippen LogP contribution in [-0.2, 0) is 6.54 Å². The van der Waals surface area contributed by atoms with Gasteiger partial charge in [0.05, 0.1) is 17.8 Å². The number of furan rings is 1. The molecular weight excluding hydrogens is 290 g/mol. The summed E-state index contributed by atoms with van der Waals surface area (Å²) in [6, 6.07) is 3.84. The molecule has 0 radical (unpaired) electrons. The second kappa shape index (κ2) is 5.93. The van der Waals surface area contributed by atoms with Gasteiger partial charge < -0.3 is 9.32 Å². The van der Waals surface area contributed by atoms with Crippen LogP contribution < -0.4 is 0 Å². The molecule has 5 nitrogen and oxygen atoms in total. The molecule has 112 valence electrons. The van der Waals surface area contributed by atoms with Gasteiger partial charge >= 0.3 is 0 Å². The Morgan fingerprint density at radius 2 is 2.33 bits per heavy atom. The number of hydrogen-bond acceptors (Lipinski definition) is 3. The van der Waals surface area contributed by atoms with Crippen LogP contribution in [0.15, 0.2) is 28.9 Å². The maximum absolute atomic E-state index is 12.5. The molecule has 3 rings (SSSR count). The molecule has 0 N–H and O–H groups in total. The lowest BCUT2D eigenvalue weighted by molar-refractivity contribution is 0.0601. The molecule has 3 heterocycles. The lowest BCUT2D eigenvalue weighted by atomic mass is 10.0. The van der Waals surface area contributed by atoms with Crippen LogP contribution in [0, 0.1) is 0 Å². The molecule has 1 aliphatic rings. The van der Waals surface area contributed by atoms with Crippen molar-refractivity contribution in [1.82, 2.24) is 14.7 Å². The van der Waals surface area contributed by atoms with Gasteiger partial charge in [0.1, 0.15) is 5.76 Å². The monoisotopic (exact) mass is 307 g/mol. The molecule has 1 saturated heterocycles. The fourth-order valence-electron chi connectivity index (χ4n) is 2.70. The van der Waals surface area contributed by atoms with Crippen LogP contribution in [0.5, 0.6) is 0 Å². The molecular formula is C15H18ClN3O2. The Balaban J connectivity index is 1.70. The predicted molar refractivity (Wildman–Crippen MR) is 79.4 cm³/mol. The number of hydrogen-bond donors (Lipinski definition) is 0. The van der Waals surface area contributed by atoms with E-state index in [0.29, 0.717) is 23.1 Å². The molecule has 0 unspecified atom stereocenters. The number of carbonyl (C=O) groups is 1. The fraction of sp³-hybridized carbons (Fsp3) is 0.467. The van der Waals surface area contributed by atoms with E-state index in [1.54, 1.807) is 23.1 Å². The van der Waals surface area contributed by atoms with Crippen LogP contribution in [0.25, 0.3) is 0 Å². The zero-order valence-electron chi connectivity index (χ0n) is 12.0. The Hall–Kier alpha value is -1.75. The molecule has 0 aromatic carbocycles. The number of likely N-dealkylation sites (tertiary alicyclic amines) is 1. The van der Waals surface area contributed by atoms with Gasteiger partial charge in [-0.3, -0.25) is 9.48 Å². The zero-order valence-corrected chi connectivity index (χ0v) is 12.7. The third-order valence-corrected chi connectivity index (χ3v) is 4.05. The summed E-state index contributed by atoms with van der Waals surface area (Å²) in [5.41, 5.74) is 0. The van der Waals surface area contributed by atoms with Crippen molar-refractivity contribution in [1.29, 1.82) is 0 Å². The van der Waals surface area contributed by atoms with E-state index >= 15 is 0 Å². The van der Waals surface area contributed by atoms with Crippen LogP contribution in [0.4, 0.5) is 0 Å². The number of amides is 1. The highest BCUT2D eigenvalue weighted by Gasteiger charge is 2.26. The van der Waals surface area contributed by atoms with E-state index in [4.69, 9.17) is 16.0 Å². The van der Waals surface area contributed by atoms with Crippen molar-refractivity contribution >= 4 is 17.5 Å². The van der Waals surface area contributed by atoms with Crippen molar-refractivity contribution in [3.8, 4) is 0 Å². The molecule has 1 aliphatic heterocycles. The molecule has 1 fully saturated rings. The normalized spacial score (nSPS) is 19.0. The molecule has 0 aliphatic carbocycles. The van der Waals surface area contributed by atoms with Crippen molar-refractivity contribution in [2.24, 2.45) is 0 Å². The molecule has 21 heavy (non-hydrogen) atoms. The van der Waals surface area contributed by atoms with Gasteiger partial charge in [-0.1, -0.05) is 11.6 Å². The molecule has 0 bridgehead atoms. The summed E-state index contributed by atoms with van der Waals surface area (Å²) in [6.07, 6.45) is 6.61. The van der Waals surface area contributed by atoms with E-state index in [0.717, 1.165) is 19.4 Å². The van der Waals surface area contributed by atoms with Gasteiger partial charge in [-0.25, -0.2) is 0 Å². The number of rotatable bonds is 3. The Morgan fingerprint density at radius 3 is 3.05 bits per heavy atom. The lowest BCUT2D eigenvalue weighted by Gasteiger charge is -2.32. The second-order valence-corrected chi connectivity index (χ2v) is 5.90.